The highest BCUT2D eigenvalue weighted by molar-refractivity contribution is 7.12. The summed E-state index contributed by atoms with van der Waals surface area (Å²) in [5.41, 5.74) is 6.16. The van der Waals surface area contributed by atoms with Gasteiger partial charge in [-0.15, -0.1) is 11.3 Å². The van der Waals surface area contributed by atoms with Crippen LogP contribution in [-0.4, -0.2) is 41.7 Å². The molecule has 1 unspecified atom stereocenters. The van der Waals surface area contributed by atoms with Crippen LogP contribution in [-0.2, 0) is 0 Å². The summed E-state index contributed by atoms with van der Waals surface area (Å²) < 4.78 is 0. The summed E-state index contributed by atoms with van der Waals surface area (Å²) in [5.74, 6) is 5.84. The molecule has 1 aliphatic rings. The summed E-state index contributed by atoms with van der Waals surface area (Å²) >= 11 is 1.44. The van der Waals surface area contributed by atoms with Crippen LogP contribution in [0, 0.1) is 11.8 Å². The molecule has 0 aromatic carbocycles. The number of carbonyl (C=O) groups is 1. The zero-order valence-electron chi connectivity index (χ0n) is 11.5. The number of amides is 1. The van der Waals surface area contributed by atoms with Gasteiger partial charge >= 0.3 is 0 Å². The summed E-state index contributed by atoms with van der Waals surface area (Å²) in [6.07, 6.45) is 3.69. The van der Waals surface area contributed by atoms with Crippen molar-refractivity contribution >= 4 is 17.2 Å². The molecule has 108 valence electrons. The fourth-order valence-corrected chi connectivity index (χ4v) is 3.38. The molecule has 1 aliphatic heterocycles. The first-order chi connectivity index (χ1) is 9.77. The number of aliphatic hydroxyl groups excluding tert-OH is 1. The average Bonchev–Trinajstić information content (AvgIpc) is 3.10. The molecule has 1 atom stereocenters. The van der Waals surface area contributed by atoms with Gasteiger partial charge in [0.1, 0.15) is 4.88 Å². The Morgan fingerprint density at radius 1 is 1.60 bits per heavy atom. The molecule has 1 amide bonds. The zero-order chi connectivity index (χ0) is 14.4. The molecule has 2 heterocycles. The van der Waals surface area contributed by atoms with Crippen molar-refractivity contribution in [1.82, 2.24) is 4.90 Å². The smallest absolute Gasteiger partial charge is 0.265 e. The third-order valence-electron chi connectivity index (χ3n) is 3.52. The fraction of sp³-hybridized carbons (Fsp3) is 0.533. The van der Waals surface area contributed by atoms with Gasteiger partial charge in [-0.3, -0.25) is 4.79 Å². The van der Waals surface area contributed by atoms with Crippen LogP contribution in [0.2, 0.25) is 0 Å². The maximum absolute atomic E-state index is 12.6. The second kappa shape index (κ2) is 7.44. The third kappa shape index (κ3) is 3.40. The molecule has 1 saturated heterocycles. The molecule has 1 fully saturated rings. The summed E-state index contributed by atoms with van der Waals surface area (Å²) in [6.45, 7) is 1.29. The topological polar surface area (TPSA) is 66.6 Å². The normalized spacial score (nSPS) is 17.9. The summed E-state index contributed by atoms with van der Waals surface area (Å²) in [7, 11) is 0. The standard InChI is InChI=1S/C15H20N2O2S/c16-8-1-4-12-7-11-20-14(12)15(19)17-9-2-5-13(17)6-3-10-18/h7,11,13,18H,2-3,5-6,8-10,16H2. The molecule has 4 nitrogen and oxygen atoms in total. The average molecular weight is 292 g/mol. The molecule has 0 saturated carbocycles. The summed E-state index contributed by atoms with van der Waals surface area (Å²) in [5, 5.41) is 10.8. The molecule has 2 rings (SSSR count). The number of hydrogen-bond acceptors (Lipinski definition) is 4. The molecule has 0 radical (unpaired) electrons. The third-order valence-corrected chi connectivity index (χ3v) is 4.42. The van der Waals surface area contributed by atoms with Gasteiger partial charge in [0.25, 0.3) is 5.91 Å². The number of carbonyl (C=O) groups excluding carboxylic acids is 1. The number of aliphatic hydroxyl groups is 1. The molecule has 0 aliphatic carbocycles. The van der Waals surface area contributed by atoms with E-state index < -0.39 is 0 Å². The Morgan fingerprint density at radius 2 is 2.45 bits per heavy atom. The van der Waals surface area contributed by atoms with Gasteiger partial charge in [0.05, 0.1) is 6.54 Å². The Bertz CT molecular complexity index is 515. The lowest BCUT2D eigenvalue weighted by Gasteiger charge is -2.24. The maximum atomic E-state index is 12.6. The van der Waals surface area contributed by atoms with Crippen LogP contribution in [0.5, 0.6) is 0 Å². The summed E-state index contributed by atoms with van der Waals surface area (Å²) in [4.78, 5) is 15.3. The van der Waals surface area contributed by atoms with Crippen molar-refractivity contribution in [2.24, 2.45) is 5.73 Å². The predicted octanol–water partition coefficient (Wildman–Crippen LogP) is 1.44. The molecule has 0 spiro atoms. The Labute approximate surface area is 123 Å². The van der Waals surface area contributed by atoms with E-state index in [4.69, 9.17) is 10.8 Å². The largest absolute Gasteiger partial charge is 0.396 e. The minimum atomic E-state index is 0.0711. The van der Waals surface area contributed by atoms with Crippen LogP contribution in [0.4, 0.5) is 0 Å². The molecule has 1 aromatic heterocycles. The first-order valence-corrected chi connectivity index (χ1v) is 7.84. The van der Waals surface area contributed by atoms with Crippen molar-refractivity contribution in [2.45, 2.75) is 31.7 Å². The van der Waals surface area contributed by atoms with Crippen molar-refractivity contribution in [2.75, 3.05) is 19.7 Å². The van der Waals surface area contributed by atoms with E-state index in [0.717, 1.165) is 37.8 Å². The van der Waals surface area contributed by atoms with Crippen LogP contribution in [0.15, 0.2) is 11.4 Å². The van der Waals surface area contributed by atoms with Crippen molar-refractivity contribution in [3.05, 3.63) is 21.9 Å². The van der Waals surface area contributed by atoms with E-state index in [1.54, 1.807) is 0 Å². The van der Waals surface area contributed by atoms with Gasteiger partial charge in [-0.25, -0.2) is 0 Å². The first-order valence-electron chi connectivity index (χ1n) is 6.96. The van der Waals surface area contributed by atoms with Crippen LogP contribution < -0.4 is 5.73 Å². The number of nitrogens with two attached hydrogens (primary N) is 1. The van der Waals surface area contributed by atoms with Gasteiger partial charge in [-0.05, 0) is 37.1 Å². The lowest BCUT2D eigenvalue weighted by molar-refractivity contribution is 0.0729. The Morgan fingerprint density at radius 3 is 3.20 bits per heavy atom. The van der Waals surface area contributed by atoms with E-state index >= 15 is 0 Å². The van der Waals surface area contributed by atoms with Gasteiger partial charge in [0, 0.05) is 24.8 Å². The molecule has 20 heavy (non-hydrogen) atoms. The molecular formula is C15H20N2O2S. The number of likely N-dealkylation sites (tertiary alicyclic amines) is 1. The van der Waals surface area contributed by atoms with Gasteiger partial charge in [0.2, 0.25) is 0 Å². The second-order valence-electron chi connectivity index (χ2n) is 4.83. The van der Waals surface area contributed by atoms with Crippen molar-refractivity contribution in [3.8, 4) is 11.8 Å². The highest BCUT2D eigenvalue weighted by atomic mass is 32.1. The van der Waals surface area contributed by atoms with Gasteiger partial charge in [-0.2, -0.15) is 0 Å². The fourth-order valence-electron chi connectivity index (χ4n) is 2.58. The Kier molecular flexibility index (Phi) is 5.60. The number of hydrogen-bond donors (Lipinski definition) is 2. The first kappa shape index (κ1) is 15.0. The molecular weight excluding hydrogens is 272 g/mol. The van der Waals surface area contributed by atoms with Crippen LogP contribution in [0.3, 0.4) is 0 Å². The zero-order valence-corrected chi connectivity index (χ0v) is 12.3. The predicted molar refractivity (Wildman–Crippen MR) is 80.6 cm³/mol. The van der Waals surface area contributed by atoms with Crippen molar-refractivity contribution in [3.63, 3.8) is 0 Å². The highest BCUT2D eigenvalue weighted by Gasteiger charge is 2.30. The van der Waals surface area contributed by atoms with Crippen LogP contribution in [0.25, 0.3) is 0 Å². The van der Waals surface area contributed by atoms with Crippen molar-refractivity contribution < 1.29 is 9.90 Å². The molecule has 5 heteroatoms. The SMILES string of the molecule is NCC#Cc1ccsc1C(=O)N1CCCC1CCCO. The van der Waals surface area contributed by atoms with E-state index in [1.807, 2.05) is 16.3 Å². The number of nitrogens with zero attached hydrogens (tertiary/aromatic N) is 1. The van der Waals surface area contributed by atoms with Crippen LogP contribution in [0.1, 0.15) is 40.9 Å². The molecule has 0 bridgehead atoms. The van der Waals surface area contributed by atoms with E-state index in [2.05, 4.69) is 11.8 Å². The Balaban J connectivity index is 2.12. The summed E-state index contributed by atoms with van der Waals surface area (Å²) in [6, 6.07) is 2.13. The number of thiophene rings is 1. The van der Waals surface area contributed by atoms with Gasteiger partial charge in [0.15, 0.2) is 0 Å². The maximum Gasteiger partial charge on any atom is 0.265 e. The van der Waals surface area contributed by atoms with Gasteiger partial charge < -0.3 is 15.7 Å². The van der Waals surface area contributed by atoms with E-state index in [0.29, 0.717) is 11.4 Å². The van der Waals surface area contributed by atoms with E-state index in [9.17, 15) is 4.79 Å². The second-order valence-corrected chi connectivity index (χ2v) is 5.75. The van der Waals surface area contributed by atoms with E-state index in [1.165, 1.54) is 11.3 Å². The van der Waals surface area contributed by atoms with Gasteiger partial charge in [-0.1, -0.05) is 11.8 Å². The highest BCUT2D eigenvalue weighted by Crippen LogP contribution is 2.26. The minimum Gasteiger partial charge on any atom is -0.396 e. The minimum absolute atomic E-state index is 0.0711. The monoisotopic (exact) mass is 292 g/mol. The molecule has 3 N–H and O–H groups in total. The Hall–Kier alpha value is -1.35. The quantitative estimate of drug-likeness (QED) is 0.825. The molecule has 1 aromatic rings. The lowest BCUT2D eigenvalue weighted by atomic mass is 10.1. The van der Waals surface area contributed by atoms with Crippen molar-refractivity contribution in [1.29, 1.82) is 0 Å². The lowest BCUT2D eigenvalue weighted by Crippen LogP contribution is -2.35. The number of rotatable bonds is 4. The van der Waals surface area contributed by atoms with Crippen LogP contribution >= 0.6 is 11.3 Å². The van der Waals surface area contributed by atoms with E-state index in [-0.39, 0.29) is 18.6 Å².